The van der Waals surface area contributed by atoms with Crippen LogP contribution in [0.25, 0.3) is 0 Å². The monoisotopic (exact) mass is 418 g/mol. The molecule has 1 heterocycles. The van der Waals surface area contributed by atoms with Crippen LogP contribution in [0.1, 0.15) is 26.9 Å². The summed E-state index contributed by atoms with van der Waals surface area (Å²) in [7, 11) is 1.60. The molecule has 3 aromatic carbocycles. The number of carbonyl (C=O) groups is 2. The number of para-hydroxylation sites is 3. The molecule has 5 nitrogen and oxygen atoms in total. The second-order valence-corrected chi connectivity index (χ2v) is 8.02. The average molecular weight is 419 g/mol. The number of amides is 2. The number of nitrogens with one attached hydrogen (secondary N) is 1. The lowest BCUT2D eigenvalue weighted by atomic mass is 10.1. The number of carbonyl (C=O) groups excluding carboxylic acids is 2. The van der Waals surface area contributed by atoms with Gasteiger partial charge in [0.05, 0.1) is 18.6 Å². The van der Waals surface area contributed by atoms with Gasteiger partial charge < -0.3 is 10.1 Å². The summed E-state index contributed by atoms with van der Waals surface area (Å²) in [5.74, 6) is 0.844. The van der Waals surface area contributed by atoms with Gasteiger partial charge in [-0.1, -0.05) is 48.5 Å². The molecule has 2 amide bonds. The average Bonchev–Trinajstić information content (AvgIpc) is 3.15. The maximum Gasteiger partial charge on any atom is 0.255 e. The van der Waals surface area contributed by atoms with Crippen LogP contribution in [-0.2, 0) is 4.79 Å². The molecule has 4 rings (SSSR count). The number of hydrogen-bond acceptors (Lipinski definition) is 4. The fourth-order valence-corrected chi connectivity index (χ4v) is 4.79. The summed E-state index contributed by atoms with van der Waals surface area (Å²) < 4.78 is 5.48. The largest absolute Gasteiger partial charge is 0.495 e. The second kappa shape index (κ2) is 8.63. The Morgan fingerprint density at radius 1 is 1.03 bits per heavy atom. The van der Waals surface area contributed by atoms with E-state index in [-0.39, 0.29) is 17.2 Å². The highest BCUT2D eigenvalue weighted by molar-refractivity contribution is 8.00. The molecule has 6 heteroatoms. The molecule has 1 aliphatic rings. The molecule has 1 N–H and O–H groups in total. The lowest BCUT2D eigenvalue weighted by Crippen LogP contribution is -2.29. The van der Waals surface area contributed by atoms with Gasteiger partial charge in [-0.25, -0.2) is 0 Å². The van der Waals surface area contributed by atoms with Crippen molar-refractivity contribution in [3.63, 3.8) is 0 Å². The van der Waals surface area contributed by atoms with Crippen LogP contribution < -0.4 is 15.0 Å². The van der Waals surface area contributed by atoms with Crippen LogP contribution in [0, 0.1) is 6.92 Å². The maximum absolute atomic E-state index is 12.9. The first-order valence-electron chi connectivity index (χ1n) is 9.62. The van der Waals surface area contributed by atoms with Crippen molar-refractivity contribution in [3.05, 3.63) is 89.5 Å². The molecular formula is C24H22N2O3S. The topological polar surface area (TPSA) is 58.6 Å². The van der Waals surface area contributed by atoms with Crippen molar-refractivity contribution in [2.24, 2.45) is 0 Å². The van der Waals surface area contributed by atoms with Gasteiger partial charge in [0.2, 0.25) is 5.91 Å². The van der Waals surface area contributed by atoms with Gasteiger partial charge in [0.25, 0.3) is 5.91 Å². The minimum absolute atomic E-state index is 0.00883. The van der Waals surface area contributed by atoms with Crippen molar-refractivity contribution in [1.29, 1.82) is 0 Å². The third-order valence-electron chi connectivity index (χ3n) is 5.08. The zero-order valence-electron chi connectivity index (χ0n) is 16.8. The minimum Gasteiger partial charge on any atom is -0.495 e. The highest BCUT2D eigenvalue weighted by Crippen LogP contribution is 2.46. The van der Waals surface area contributed by atoms with E-state index in [1.165, 1.54) is 11.8 Å². The number of hydrogen-bond donors (Lipinski definition) is 1. The van der Waals surface area contributed by atoms with Crippen LogP contribution in [0.4, 0.5) is 11.4 Å². The lowest BCUT2D eigenvalue weighted by Gasteiger charge is -2.27. The number of rotatable bonds is 5. The molecule has 0 radical (unpaired) electrons. The number of aryl methyl sites for hydroxylation is 1. The summed E-state index contributed by atoms with van der Waals surface area (Å²) in [6, 6.07) is 22.6. The molecule has 30 heavy (non-hydrogen) atoms. The van der Waals surface area contributed by atoms with Gasteiger partial charge in [0.15, 0.2) is 0 Å². The SMILES string of the molecule is COc1ccccc1N1C(=O)CS[C@H]1c1ccccc1NC(=O)c1ccccc1C. The summed E-state index contributed by atoms with van der Waals surface area (Å²) in [4.78, 5) is 27.4. The molecular weight excluding hydrogens is 396 g/mol. The van der Waals surface area contributed by atoms with E-state index in [1.807, 2.05) is 79.7 Å². The predicted molar refractivity (Wildman–Crippen MR) is 121 cm³/mol. The first kappa shape index (κ1) is 20.0. The van der Waals surface area contributed by atoms with Gasteiger partial charge in [-0.3, -0.25) is 14.5 Å². The van der Waals surface area contributed by atoms with Crippen LogP contribution in [-0.4, -0.2) is 24.7 Å². The summed E-state index contributed by atoms with van der Waals surface area (Å²) in [5.41, 5.74) is 3.83. The quantitative estimate of drug-likeness (QED) is 0.631. The van der Waals surface area contributed by atoms with Crippen molar-refractivity contribution in [1.82, 2.24) is 0 Å². The van der Waals surface area contributed by atoms with Gasteiger partial charge in [0.1, 0.15) is 11.1 Å². The summed E-state index contributed by atoms with van der Waals surface area (Å²) >= 11 is 1.54. The number of ether oxygens (including phenoxy) is 1. The maximum atomic E-state index is 12.9. The Bertz CT molecular complexity index is 1100. The fraction of sp³-hybridized carbons (Fsp3) is 0.167. The van der Waals surface area contributed by atoms with Gasteiger partial charge in [-0.2, -0.15) is 0 Å². The molecule has 1 atom stereocenters. The van der Waals surface area contributed by atoms with E-state index >= 15 is 0 Å². The van der Waals surface area contributed by atoms with Crippen molar-refractivity contribution >= 4 is 35.0 Å². The minimum atomic E-state index is -0.262. The molecule has 1 fully saturated rings. The van der Waals surface area contributed by atoms with E-state index in [2.05, 4.69) is 5.32 Å². The first-order valence-corrected chi connectivity index (χ1v) is 10.7. The van der Waals surface area contributed by atoms with Crippen LogP contribution in [0.15, 0.2) is 72.8 Å². The highest BCUT2D eigenvalue weighted by atomic mass is 32.2. The Morgan fingerprint density at radius 3 is 2.53 bits per heavy atom. The van der Waals surface area contributed by atoms with Crippen molar-refractivity contribution in [3.8, 4) is 5.75 Å². The smallest absolute Gasteiger partial charge is 0.255 e. The third kappa shape index (κ3) is 3.78. The van der Waals surface area contributed by atoms with Gasteiger partial charge in [-0.05, 0) is 36.8 Å². The standard InChI is InChI=1S/C24H22N2O3S/c1-16-9-3-4-10-17(16)23(28)25-19-12-6-5-11-18(19)24-26(22(27)15-30-24)20-13-7-8-14-21(20)29-2/h3-14,24H,15H2,1-2H3,(H,25,28)/t24-/m0/s1. The summed E-state index contributed by atoms with van der Waals surface area (Å²) in [6.07, 6.45) is 0. The third-order valence-corrected chi connectivity index (χ3v) is 6.27. The molecule has 1 saturated heterocycles. The molecule has 3 aromatic rings. The van der Waals surface area contributed by atoms with Crippen LogP contribution in [0.2, 0.25) is 0 Å². The predicted octanol–water partition coefficient (Wildman–Crippen LogP) is 5.03. The Morgan fingerprint density at radius 2 is 1.73 bits per heavy atom. The Labute approximate surface area is 180 Å². The van der Waals surface area contributed by atoms with E-state index in [0.29, 0.717) is 22.8 Å². The molecule has 1 aliphatic heterocycles. The molecule has 0 saturated carbocycles. The number of thioether (sulfide) groups is 1. The number of anilines is 2. The normalized spacial score (nSPS) is 15.9. The Balaban J connectivity index is 1.70. The van der Waals surface area contributed by atoms with E-state index in [4.69, 9.17) is 4.74 Å². The Hall–Kier alpha value is -3.25. The molecule has 0 aliphatic carbocycles. The first-order chi connectivity index (χ1) is 14.6. The van der Waals surface area contributed by atoms with Crippen molar-refractivity contribution < 1.29 is 14.3 Å². The molecule has 0 aromatic heterocycles. The highest BCUT2D eigenvalue weighted by Gasteiger charge is 2.36. The molecule has 0 spiro atoms. The van der Waals surface area contributed by atoms with E-state index in [0.717, 1.165) is 16.8 Å². The number of nitrogens with zero attached hydrogens (tertiary/aromatic N) is 1. The van der Waals surface area contributed by atoms with Crippen molar-refractivity contribution in [2.45, 2.75) is 12.3 Å². The van der Waals surface area contributed by atoms with Crippen molar-refractivity contribution in [2.75, 3.05) is 23.1 Å². The molecule has 0 unspecified atom stereocenters. The zero-order chi connectivity index (χ0) is 21.1. The van der Waals surface area contributed by atoms with E-state index in [1.54, 1.807) is 12.0 Å². The van der Waals surface area contributed by atoms with Gasteiger partial charge >= 0.3 is 0 Å². The number of benzene rings is 3. The zero-order valence-corrected chi connectivity index (χ0v) is 17.6. The van der Waals surface area contributed by atoms with Gasteiger partial charge in [-0.15, -0.1) is 11.8 Å². The van der Waals surface area contributed by atoms with Crippen LogP contribution in [0.5, 0.6) is 5.75 Å². The van der Waals surface area contributed by atoms with E-state index in [9.17, 15) is 9.59 Å². The molecule has 0 bridgehead atoms. The fourth-order valence-electron chi connectivity index (χ4n) is 3.59. The molecule has 152 valence electrons. The van der Waals surface area contributed by atoms with Crippen LogP contribution >= 0.6 is 11.8 Å². The van der Waals surface area contributed by atoms with Gasteiger partial charge in [0, 0.05) is 16.8 Å². The van der Waals surface area contributed by atoms with Crippen LogP contribution in [0.3, 0.4) is 0 Å². The van der Waals surface area contributed by atoms with E-state index < -0.39 is 0 Å². The number of methoxy groups -OCH3 is 1. The Kier molecular flexibility index (Phi) is 5.77. The second-order valence-electron chi connectivity index (χ2n) is 6.96. The summed E-state index contributed by atoms with van der Waals surface area (Å²) in [6.45, 7) is 1.91. The lowest BCUT2D eigenvalue weighted by molar-refractivity contribution is -0.115. The summed E-state index contributed by atoms with van der Waals surface area (Å²) in [5, 5.41) is 2.78.